The number of amides is 2. The molecule has 2 aromatic rings. The minimum Gasteiger partial charge on any atom is -0.497 e. The van der Waals surface area contributed by atoms with Crippen molar-refractivity contribution < 1.29 is 14.3 Å². The van der Waals surface area contributed by atoms with Crippen LogP contribution in [0.25, 0.3) is 0 Å². The summed E-state index contributed by atoms with van der Waals surface area (Å²) in [6.45, 7) is 3.25. The van der Waals surface area contributed by atoms with Crippen molar-refractivity contribution in [3.63, 3.8) is 0 Å². The summed E-state index contributed by atoms with van der Waals surface area (Å²) in [6, 6.07) is 13.4. The summed E-state index contributed by atoms with van der Waals surface area (Å²) in [5.74, 6) is 0.970. The molecule has 6 nitrogen and oxygen atoms in total. The number of benzene rings is 1. The van der Waals surface area contributed by atoms with Crippen LogP contribution in [-0.2, 0) is 11.3 Å². The molecule has 3 saturated heterocycles. The molecule has 2 amide bonds. The summed E-state index contributed by atoms with van der Waals surface area (Å²) in [5, 5.41) is 0. The molecule has 3 atom stereocenters. The summed E-state index contributed by atoms with van der Waals surface area (Å²) >= 11 is 0. The van der Waals surface area contributed by atoms with E-state index in [0.29, 0.717) is 12.1 Å². The predicted molar refractivity (Wildman–Crippen MR) is 112 cm³/mol. The Kier molecular flexibility index (Phi) is 4.53. The highest BCUT2D eigenvalue weighted by atomic mass is 16.5. The molecular formula is C24H27N3O3. The smallest absolute Gasteiger partial charge is 0.254 e. The molecule has 4 heterocycles. The maximum Gasteiger partial charge on any atom is 0.254 e. The zero-order valence-corrected chi connectivity index (χ0v) is 17.5. The SMILES string of the molecule is COc1ccc(C(=O)N2[C@H]3CC[C@H]2[C@@]2(CCN(Cc4cccc(C)n4)C2=O)C3)cc1. The Labute approximate surface area is 176 Å². The molecule has 1 aromatic carbocycles. The van der Waals surface area contributed by atoms with Crippen molar-refractivity contribution >= 4 is 11.8 Å². The Balaban J connectivity index is 1.36. The van der Waals surface area contributed by atoms with Crippen molar-refractivity contribution in [3.05, 3.63) is 59.4 Å². The van der Waals surface area contributed by atoms with Crippen molar-refractivity contribution in [3.8, 4) is 5.75 Å². The van der Waals surface area contributed by atoms with Crippen LogP contribution in [0, 0.1) is 12.3 Å². The van der Waals surface area contributed by atoms with E-state index in [1.807, 2.05) is 59.2 Å². The first-order valence-electron chi connectivity index (χ1n) is 10.7. The fraction of sp³-hybridized carbons (Fsp3) is 0.458. The number of hydrogen-bond acceptors (Lipinski definition) is 4. The van der Waals surface area contributed by atoms with E-state index in [-0.39, 0.29) is 23.9 Å². The van der Waals surface area contributed by atoms with Crippen molar-refractivity contribution in [2.45, 2.75) is 51.2 Å². The Morgan fingerprint density at radius 2 is 2.00 bits per heavy atom. The molecule has 5 rings (SSSR count). The van der Waals surface area contributed by atoms with Gasteiger partial charge in [0.2, 0.25) is 5.91 Å². The van der Waals surface area contributed by atoms with Crippen LogP contribution in [0.3, 0.4) is 0 Å². The van der Waals surface area contributed by atoms with E-state index in [2.05, 4.69) is 4.98 Å². The lowest BCUT2D eigenvalue weighted by molar-refractivity contribution is -0.137. The molecule has 0 N–H and O–H groups in total. The van der Waals surface area contributed by atoms with Gasteiger partial charge >= 0.3 is 0 Å². The summed E-state index contributed by atoms with van der Waals surface area (Å²) in [4.78, 5) is 35.4. The highest BCUT2D eigenvalue weighted by molar-refractivity contribution is 5.97. The fourth-order valence-electron chi connectivity index (χ4n) is 5.76. The van der Waals surface area contributed by atoms with E-state index in [0.717, 1.165) is 49.4 Å². The number of aromatic nitrogens is 1. The summed E-state index contributed by atoms with van der Waals surface area (Å²) in [6.07, 6.45) is 3.51. The Bertz CT molecular complexity index is 989. The van der Waals surface area contributed by atoms with Crippen molar-refractivity contribution in [1.82, 2.24) is 14.8 Å². The number of hydrogen-bond donors (Lipinski definition) is 0. The molecule has 3 fully saturated rings. The standard InChI is InChI=1S/C24H27N3O3/c1-16-4-3-5-18(25-16)15-26-13-12-24(23(26)29)14-19-8-11-21(24)27(19)22(28)17-6-9-20(30-2)10-7-17/h3-7,9-10,19,21H,8,11-15H2,1-2H3/t19-,21-,24+/m0/s1. The van der Waals surface area contributed by atoms with E-state index < -0.39 is 5.41 Å². The van der Waals surface area contributed by atoms with Crippen LogP contribution in [0.1, 0.15) is 47.4 Å². The quantitative estimate of drug-likeness (QED) is 0.784. The van der Waals surface area contributed by atoms with Crippen molar-refractivity contribution in [2.24, 2.45) is 5.41 Å². The lowest BCUT2D eigenvalue weighted by Crippen LogP contribution is -2.45. The lowest BCUT2D eigenvalue weighted by atomic mass is 9.72. The number of fused-ring (bicyclic) bond motifs is 3. The number of methoxy groups -OCH3 is 1. The summed E-state index contributed by atoms with van der Waals surface area (Å²) < 4.78 is 5.21. The highest BCUT2D eigenvalue weighted by Crippen LogP contribution is 2.55. The van der Waals surface area contributed by atoms with Gasteiger partial charge in [-0.1, -0.05) is 6.07 Å². The molecule has 0 radical (unpaired) electrons. The number of nitrogens with zero attached hydrogens (tertiary/aromatic N) is 3. The molecular weight excluding hydrogens is 378 g/mol. The second-order valence-electron chi connectivity index (χ2n) is 8.80. The number of carbonyl (C=O) groups excluding carboxylic acids is 2. The average molecular weight is 405 g/mol. The minimum atomic E-state index is -0.422. The van der Waals surface area contributed by atoms with Crippen LogP contribution < -0.4 is 4.74 Å². The Hall–Kier alpha value is -2.89. The molecule has 1 spiro atoms. The van der Waals surface area contributed by atoms with Gasteiger partial charge in [0, 0.05) is 29.9 Å². The van der Waals surface area contributed by atoms with Gasteiger partial charge in [-0.05, 0) is 69.0 Å². The van der Waals surface area contributed by atoms with Gasteiger partial charge in [0.15, 0.2) is 0 Å². The van der Waals surface area contributed by atoms with Gasteiger partial charge in [-0.2, -0.15) is 0 Å². The summed E-state index contributed by atoms with van der Waals surface area (Å²) in [5.41, 5.74) is 2.13. The van der Waals surface area contributed by atoms with E-state index in [9.17, 15) is 9.59 Å². The zero-order valence-electron chi connectivity index (χ0n) is 17.5. The molecule has 3 aliphatic heterocycles. The van der Waals surface area contributed by atoms with Crippen LogP contribution >= 0.6 is 0 Å². The van der Waals surface area contributed by atoms with E-state index in [4.69, 9.17) is 4.74 Å². The van der Waals surface area contributed by atoms with Gasteiger partial charge in [0.1, 0.15) is 5.75 Å². The molecule has 0 unspecified atom stereocenters. The van der Waals surface area contributed by atoms with Crippen molar-refractivity contribution in [1.29, 1.82) is 0 Å². The van der Waals surface area contributed by atoms with Crippen LogP contribution in [-0.4, -0.2) is 52.3 Å². The first-order valence-corrected chi connectivity index (χ1v) is 10.7. The number of carbonyl (C=O) groups is 2. The number of likely N-dealkylation sites (tertiary alicyclic amines) is 1. The van der Waals surface area contributed by atoms with Gasteiger partial charge < -0.3 is 14.5 Å². The van der Waals surface area contributed by atoms with Gasteiger partial charge in [0.25, 0.3) is 5.91 Å². The minimum absolute atomic E-state index is 0.0000651. The van der Waals surface area contributed by atoms with E-state index in [1.54, 1.807) is 7.11 Å². The third-order valence-electron chi connectivity index (χ3n) is 7.15. The number of ether oxygens (including phenoxy) is 1. The van der Waals surface area contributed by atoms with Gasteiger partial charge in [-0.15, -0.1) is 0 Å². The van der Waals surface area contributed by atoms with E-state index in [1.165, 1.54) is 0 Å². The monoisotopic (exact) mass is 405 g/mol. The molecule has 6 heteroatoms. The maximum absolute atomic E-state index is 13.5. The Morgan fingerprint density at radius 1 is 1.20 bits per heavy atom. The zero-order chi connectivity index (χ0) is 20.9. The fourth-order valence-corrected chi connectivity index (χ4v) is 5.76. The molecule has 0 saturated carbocycles. The molecule has 2 bridgehead atoms. The molecule has 156 valence electrons. The lowest BCUT2D eigenvalue weighted by Gasteiger charge is -2.32. The molecule has 3 aliphatic rings. The van der Waals surface area contributed by atoms with Crippen LogP contribution in [0.2, 0.25) is 0 Å². The van der Waals surface area contributed by atoms with Gasteiger partial charge in [-0.25, -0.2) is 0 Å². The second kappa shape index (κ2) is 7.11. The third kappa shape index (κ3) is 2.89. The maximum atomic E-state index is 13.5. The number of pyridine rings is 1. The van der Waals surface area contributed by atoms with Crippen molar-refractivity contribution in [2.75, 3.05) is 13.7 Å². The van der Waals surface area contributed by atoms with Crippen LogP contribution in [0.5, 0.6) is 5.75 Å². The van der Waals surface area contributed by atoms with Gasteiger partial charge in [0.05, 0.1) is 24.8 Å². The first kappa shape index (κ1) is 19.1. The predicted octanol–water partition coefficient (Wildman–Crippen LogP) is 3.19. The number of aryl methyl sites for hydroxylation is 1. The largest absolute Gasteiger partial charge is 0.497 e. The van der Waals surface area contributed by atoms with Gasteiger partial charge in [-0.3, -0.25) is 14.6 Å². The molecule has 0 aliphatic carbocycles. The summed E-state index contributed by atoms with van der Waals surface area (Å²) in [7, 11) is 1.62. The first-order chi connectivity index (χ1) is 14.5. The number of rotatable bonds is 4. The second-order valence-corrected chi connectivity index (χ2v) is 8.80. The Morgan fingerprint density at radius 3 is 2.73 bits per heavy atom. The van der Waals surface area contributed by atoms with E-state index >= 15 is 0 Å². The molecule has 30 heavy (non-hydrogen) atoms. The molecule has 1 aromatic heterocycles. The average Bonchev–Trinajstić information content (AvgIpc) is 3.41. The normalized spacial score (nSPS) is 27.3. The van der Waals surface area contributed by atoms with Crippen LogP contribution in [0.4, 0.5) is 0 Å². The highest BCUT2D eigenvalue weighted by Gasteiger charge is 2.63. The van der Waals surface area contributed by atoms with Crippen LogP contribution in [0.15, 0.2) is 42.5 Å². The topological polar surface area (TPSA) is 62.7 Å². The third-order valence-corrected chi connectivity index (χ3v) is 7.15.